The standard InChI is InChI=1S/C15H17N3O2S/c1-2-20-14(19)9-6-7-11(10(16)8-9)17-15-18-12-4-3-5-13(12)21-15/h6-8H,2-5,16H2,1H3,(H,17,18). The van der Waals surface area contributed by atoms with Crippen LogP contribution in [0, 0.1) is 0 Å². The Labute approximate surface area is 127 Å². The number of aryl methyl sites for hydroxylation is 2. The molecule has 0 radical (unpaired) electrons. The summed E-state index contributed by atoms with van der Waals surface area (Å²) in [5.41, 5.74) is 8.93. The molecule has 1 aliphatic carbocycles. The van der Waals surface area contributed by atoms with Crippen LogP contribution < -0.4 is 11.1 Å². The number of thiazole rings is 1. The maximum atomic E-state index is 11.7. The number of fused-ring (bicyclic) bond motifs is 1. The average Bonchev–Trinajstić information content (AvgIpc) is 3.02. The first-order valence-corrected chi connectivity index (χ1v) is 7.81. The molecule has 0 fully saturated rings. The Hall–Kier alpha value is -2.08. The zero-order valence-corrected chi connectivity index (χ0v) is 12.6. The Morgan fingerprint density at radius 3 is 3.05 bits per heavy atom. The van der Waals surface area contributed by atoms with Crippen LogP contribution in [0.5, 0.6) is 0 Å². The maximum absolute atomic E-state index is 11.7. The van der Waals surface area contributed by atoms with E-state index in [1.807, 2.05) is 0 Å². The number of aromatic nitrogens is 1. The summed E-state index contributed by atoms with van der Waals surface area (Å²) < 4.78 is 4.96. The van der Waals surface area contributed by atoms with Crippen molar-refractivity contribution in [3.8, 4) is 0 Å². The number of carbonyl (C=O) groups excluding carboxylic acids is 1. The van der Waals surface area contributed by atoms with E-state index in [9.17, 15) is 4.79 Å². The van der Waals surface area contributed by atoms with Gasteiger partial charge in [-0.2, -0.15) is 0 Å². The van der Waals surface area contributed by atoms with E-state index in [0.717, 1.165) is 23.7 Å². The molecule has 0 spiro atoms. The molecule has 1 aromatic carbocycles. The van der Waals surface area contributed by atoms with Crippen molar-refractivity contribution in [1.29, 1.82) is 0 Å². The molecule has 5 nitrogen and oxygen atoms in total. The number of nitrogens with two attached hydrogens (primary N) is 1. The van der Waals surface area contributed by atoms with Gasteiger partial charge in [0.05, 0.1) is 29.2 Å². The second kappa shape index (κ2) is 5.73. The zero-order valence-electron chi connectivity index (χ0n) is 11.8. The SMILES string of the molecule is CCOC(=O)c1ccc(Nc2nc3c(s2)CCC3)c(N)c1. The van der Waals surface area contributed by atoms with Gasteiger partial charge in [0, 0.05) is 4.88 Å². The third-order valence-electron chi connectivity index (χ3n) is 3.40. The summed E-state index contributed by atoms with van der Waals surface area (Å²) in [5, 5.41) is 4.09. The van der Waals surface area contributed by atoms with E-state index in [4.69, 9.17) is 10.5 Å². The summed E-state index contributed by atoms with van der Waals surface area (Å²) >= 11 is 1.67. The number of anilines is 3. The molecule has 3 N–H and O–H groups in total. The topological polar surface area (TPSA) is 77.2 Å². The van der Waals surface area contributed by atoms with Crippen molar-refractivity contribution in [3.05, 3.63) is 34.3 Å². The average molecular weight is 303 g/mol. The number of esters is 1. The van der Waals surface area contributed by atoms with Crippen molar-refractivity contribution in [2.24, 2.45) is 0 Å². The maximum Gasteiger partial charge on any atom is 0.338 e. The van der Waals surface area contributed by atoms with Gasteiger partial charge in [-0.05, 0) is 44.4 Å². The molecule has 0 bridgehead atoms. The normalized spacial score (nSPS) is 13.0. The molecule has 0 atom stereocenters. The summed E-state index contributed by atoms with van der Waals surface area (Å²) in [6.07, 6.45) is 3.38. The highest BCUT2D eigenvalue weighted by molar-refractivity contribution is 7.15. The zero-order chi connectivity index (χ0) is 14.8. The molecule has 1 aromatic heterocycles. The molecule has 6 heteroatoms. The van der Waals surface area contributed by atoms with E-state index < -0.39 is 0 Å². The van der Waals surface area contributed by atoms with Gasteiger partial charge in [0.25, 0.3) is 0 Å². The first-order valence-electron chi connectivity index (χ1n) is 6.99. The van der Waals surface area contributed by atoms with Crippen LogP contribution in [0.3, 0.4) is 0 Å². The van der Waals surface area contributed by atoms with Crippen LogP contribution in [0.15, 0.2) is 18.2 Å². The minimum atomic E-state index is -0.357. The number of nitrogen functional groups attached to an aromatic ring is 1. The van der Waals surface area contributed by atoms with Crippen LogP contribution in [0.2, 0.25) is 0 Å². The predicted octanol–water partition coefficient (Wildman–Crippen LogP) is 3.13. The summed E-state index contributed by atoms with van der Waals surface area (Å²) in [7, 11) is 0. The molecular weight excluding hydrogens is 286 g/mol. The third kappa shape index (κ3) is 2.85. The first-order chi connectivity index (χ1) is 10.2. The minimum absolute atomic E-state index is 0.351. The van der Waals surface area contributed by atoms with Crippen molar-refractivity contribution in [2.75, 3.05) is 17.7 Å². The van der Waals surface area contributed by atoms with Crippen molar-refractivity contribution < 1.29 is 9.53 Å². The van der Waals surface area contributed by atoms with Crippen LogP contribution in [-0.2, 0) is 17.6 Å². The molecule has 0 saturated heterocycles. The van der Waals surface area contributed by atoms with Crippen LogP contribution in [0.1, 0.15) is 34.3 Å². The van der Waals surface area contributed by atoms with E-state index in [1.54, 1.807) is 36.5 Å². The summed E-state index contributed by atoms with van der Waals surface area (Å²) in [4.78, 5) is 17.6. The lowest BCUT2D eigenvalue weighted by Gasteiger charge is -2.08. The van der Waals surface area contributed by atoms with Crippen molar-refractivity contribution in [1.82, 2.24) is 4.98 Å². The Balaban J connectivity index is 1.77. The molecule has 110 valence electrons. The quantitative estimate of drug-likeness (QED) is 0.670. The lowest BCUT2D eigenvalue weighted by molar-refractivity contribution is 0.0526. The molecule has 2 aromatic rings. The second-order valence-electron chi connectivity index (χ2n) is 4.89. The Kier molecular flexibility index (Phi) is 3.79. The highest BCUT2D eigenvalue weighted by atomic mass is 32.1. The van der Waals surface area contributed by atoms with Gasteiger partial charge < -0.3 is 15.8 Å². The lowest BCUT2D eigenvalue weighted by Crippen LogP contribution is -2.06. The molecule has 0 amide bonds. The number of nitrogens with zero attached hydrogens (tertiary/aromatic N) is 1. The highest BCUT2D eigenvalue weighted by Gasteiger charge is 2.17. The smallest absolute Gasteiger partial charge is 0.338 e. The van der Waals surface area contributed by atoms with Gasteiger partial charge >= 0.3 is 5.97 Å². The van der Waals surface area contributed by atoms with Crippen molar-refractivity contribution in [2.45, 2.75) is 26.2 Å². The minimum Gasteiger partial charge on any atom is -0.462 e. The lowest BCUT2D eigenvalue weighted by atomic mass is 10.2. The van der Waals surface area contributed by atoms with Crippen LogP contribution >= 0.6 is 11.3 Å². The molecule has 0 saturated carbocycles. The molecular formula is C15H17N3O2S. The van der Waals surface area contributed by atoms with E-state index >= 15 is 0 Å². The van der Waals surface area contributed by atoms with Crippen LogP contribution in [0.25, 0.3) is 0 Å². The largest absolute Gasteiger partial charge is 0.462 e. The van der Waals surface area contributed by atoms with Gasteiger partial charge in [-0.25, -0.2) is 9.78 Å². The van der Waals surface area contributed by atoms with Gasteiger partial charge in [0.15, 0.2) is 5.13 Å². The number of ether oxygens (including phenoxy) is 1. The fraction of sp³-hybridized carbons (Fsp3) is 0.333. The number of rotatable bonds is 4. The number of benzene rings is 1. The van der Waals surface area contributed by atoms with Gasteiger partial charge in [-0.3, -0.25) is 0 Å². The van der Waals surface area contributed by atoms with Crippen molar-refractivity contribution >= 4 is 33.8 Å². The fourth-order valence-corrected chi connectivity index (χ4v) is 3.44. The number of nitrogens with one attached hydrogen (secondary N) is 1. The fourth-order valence-electron chi connectivity index (χ4n) is 2.38. The van der Waals surface area contributed by atoms with Crippen molar-refractivity contribution in [3.63, 3.8) is 0 Å². The highest BCUT2D eigenvalue weighted by Crippen LogP contribution is 2.33. The molecule has 1 aliphatic rings. The molecule has 1 heterocycles. The molecule has 3 rings (SSSR count). The Morgan fingerprint density at radius 2 is 2.33 bits per heavy atom. The second-order valence-corrected chi connectivity index (χ2v) is 5.97. The summed E-state index contributed by atoms with van der Waals surface area (Å²) in [6, 6.07) is 5.12. The molecule has 0 unspecified atom stereocenters. The van der Waals surface area contributed by atoms with Gasteiger partial charge in [0.1, 0.15) is 0 Å². The first kappa shape index (κ1) is 13.9. The molecule has 21 heavy (non-hydrogen) atoms. The summed E-state index contributed by atoms with van der Waals surface area (Å²) in [5.74, 6) is -0.357. The van der Waals surface area contributed by atoms with E-state index in [1.165, 1.54) is 17.0 Å². The monoisotopic (exact) mass is 303 g/mol. The van der Waals surface area contributed by atoms with Crippen LogP contribution in [-0.4, -0.2) is 17.6 Å². The Morgan fingerprint density at radius 1 is 1.48 bits per heavy atom. The Bertz CT molecular complexity index is 660. The van der Waals surface area contributed by atoms with E-state index in [0.29, 0.717) is 17.9 Å². The molecule has 0 aliphatic heterocycles. The third-order valence-corrected chi connectivity index (χ3v) is 4.47. The van der Waals surface area contributed by atoms with Crippen LogP contribution in [0.4, 0.5) is 16.5 Å². The van der Waals surface area contributed by atoms with Gasteiger partial charge in [-0.1, -0.05) is 0 Å². The predicted molar refractivity (Wildman–Crippen MR) is 84.2 cm³/mol. The van der Waals surface area contributed by atoms with Gasteiger partial charge in [-0.15, -0.1) is 11.3 Å². The van der Waals surface area contributed by atoms with E-state index in [2.05, 4.69) is 10.3 Å². The number of hydrogen-bond donors (Lipinski definition) is 2. The number of carbonyl (C=O) groups is 1. The number of hydrogen-bond acceptors (Lipinski definition) is 6. The van der Waals surface area contributed by atoms with E-state index in [-0.39, 0.29) is 5.97 Å². The summed E-state index contributed by atoms with van der Waals surface area (Å²) in [6.45, 7) is 2.13. The van der Waals surface area contributed by atoms with Gasteiger partial charge in [0.2, 0.25) is 0 Å².